The second-order valence-corrected chi connectivity index (χ2v) is 8.50. The first-order valence-electron chi connectivity index (χ1n) is 11.3. The topological polar surface area (TPSA) is 83.6 Å². The fraction of sp³-hybridized carbons (Fsp3) is 0.222. The van der Waals surface area contributed by atoms with E-state index in [1.165, 1.54) is 12.1 Å². The third-order valence-corrected chi connectivity index (χ3v) is 5.90. The van der Waals surface area contributed by atoms with Crippen molar-refractivity contribution in [2.45, 2.75) is 32.5 Å². The van der Waals surface area contributed by atoms with E-state index in [0.29, 0.717) is 29.5 Å². The van der Waals surface area contributed by atoms with Crippen LogP contribution in [0.4, 0.5) is 4.39 Å². The lowest BCUT2D eigenvalue weighted by molar-refractivity contribution is -0.139. The molecule has 0 saturated heterocycles. The highest BCUT2D eigenvalue weighted by Crippen LogP contribution is 2.37. The Morgan fingerprint density at radius 2 is 1.89 bits per heavy atom. The summed E-state index contributed by atoms with van der Waals surface area (Å²) in [5.74, 6) is -0.411. The Bertz CT molecular complexity index is 1310. The minimum atomic E-state index is -0.939. The van der Waals surface area contributed by atoms with Gasteiger partial charge in [0.1, 0.15) is 18.5 Å². The summed E-state index contributed by atoms with van der Waals surface area (Å²) in [5, 5.41) is 14.3. The van der Waals surface area contributed by atoms with Gasteiger partial charge in [-0.2, -0.15) is 0 Å². The number of halogens is 2. The fourth-order valence-corrected chi connectivity index (χ4v) is 4.16. The summed E-state index contributed by atoms with van der Waals surface area (Å²) in [4.78, 5) is 15.1. The van der Waals surface area contributed by atoms with Crippen molar-refractivity contribution in [3.63, 3.8) is 0 Å². The van der Waals surface area contributed by atoms with E-state index in [-0.39, 0.29) is 19.0 Å². The van der Waals surface area contributed by atoms with E-state index in [1.807, 2.05) is 37.4 Å². The molecule has 0 radical (unpaired) electrons. The van der Waals surface area contributed by atoms with Crippen LogP contribution in [0.25, 0.3) is 10.9 Å². The van der Waals surface area contributed by atoms with Crippen LogP contribution in [0.15, 0.2) is 66.9 Å². The molecule has 3 N–H and O–H groups in total. The normalized spacial score (nSPS) is 12.0. The number of aliphatic carboxylic acids is 1. The highest BCUT2D eigenvalue weighted by molar-refractivity contribution is 6.32. The summed E-state index contributed by atoms with van der Waals surface area (Å²) in [7, 11) is 0. The average molecular weight is 497 g/mol. The van der Waals surface area contributed by atoms with Gasteiger partial charge >= 0.3 is 5.97 Å². The van der Waals surface area contributed by atoms with Gasteiger partial charge < -0.3 is 24.9 Å². The number of benzene rings is 3. The SMILES string of the molecule is CCOc1cc(CNC(Cc2c[nH]c3ccccc23)C(=O)O)cc(Cl)c1OCc1ccc(F)cc1. The molecule has 1 unspecified atom stereocenters. The van der Waals surface area contributed by atoms with Crippen LogP contribution in [0.2, 0.25) is 5.02 Å². The van der Waals surface area contributed by atoms with E-state index in [1.54, 1.807) is 24.3 Å². The Kier molecular flexibility index (Phi) is 7.90. The first-order valence-corrected chi connectivity index (χ1v) is 11.7. The van der Waals surface area contributed by atoms with Crippen molar-refractivity contribution in [2.75, 3.05) is 6.61 Å². The minimum absolute atomic E-state index is 0.198. The molecule has 1 heterocycles. The van der Waals surface area contributed by atoms with E-state index in [2.05, 4.69) is 10.3 Å². The standard InChI is InChI=1S/C27H26ClFN2O4/c1-2-34-25-12-18(11-22(28)26(25)35-16-17-7-9-20(29)10-8-17)14-30-24(27(32)33)13-19-15-31-23-6-4-3-5-21(19)23/h3-12,15,24,30-31H,2,13-14,16H2,1H3,(H,32,33). The molecule has 0 saturated carbocycles. The molecule has 4 rings (SSSR count). The van der Waals surface area contributed by atoms with Crippen LogP contribution in [0.1, 0.15) is 23.6 Å². The smallest absolute Gasteiger partial charge is 0.321 e. The third kappa shape index (κ3) is 6.12. The Morgan fingerprint density at radius 3 is 2.63 bits per heavy atom. The molecule has 0 aliphatic rings. The second-order valence-electron chi connectivity index (χ2n) is 8.09. The summed E-state index contributed by atoms with van der Waals surface area (Å²) in [6.45, 7) is 2.73. The highest BCUT2D eigenvalue weighted by Gasteiger charge is 2.20. The number of carbonyl (C=O) groups is 1. The van der Waals surface area contributed by atoms with Crippen LogP contribution in [-0.2, 0) is 24.4 Å². The quantitative estimate of drug-likeness (QED) is 0.247. The van der Waals surface area contributed by atoms with Crippen LogP contribution in [0, 0.1) is 5.82 Å². The number of para-hydroxylation sites is 1. The molecule has 0 aliphatic heterocycles. The van der Waals surface area contributed by atoms with Gasteiger partial charge in [0.25, 0.3) is 0 Å². The minimum Gasteiger partial charge on any atom is -0.490 e. The second kappa shape index (κ2) is 11.3. The number of aromatic nitrogens is 1. The Balaban J connectivity index is 1.47. The van der Waals surface area contributed by atoms with E-state index in [0.717, 1.165) is 27.6 Å². The molecule has 0 aliphatic carbocycles. The van der Waals surface area contributed by atoms with Crippen LogP contribution >= 0.6 is 11.6 Å². The molecule has 182 valence electrons. The number of ether oxygens (including phenoxy) is 2. The molecule has 8 heteroatoms. The summed E-state index contributed by atoms with van der Waals surface area (Å²) < 4.78 is 24.8. The zero-order valence-electron chi connectivity index (χ0n) is 19.2. The maximum Gasteiger partial charge on any atom is 0.321 e. The van der Waals surface area contributed by atoms with Crippen molar-refractivity contribution in [1.82, 2.24) is 10.3 Å². The van der Waals surface area contributed by atoms with Gasteiger partial charge in [0, 0.05) is 30.1 Å². The monoisotopic (exact) mass is 496 g/mol. The summed E-state index contributed by atoms with van der Waals surface area (Å²) in [5.41, 5.74) is 3.45. The van der Waals surface area contributed by atoms with E-state index < -0.39 is 12.0 Å². The zero-order valence-corrected chi connectivity index (χ0v) is 19.9. The fourth-order valence-electron chi connectivity index (χ4n) is 3.87. The molecule has 4 aromatic rings. The van der Waals surface area contributed by atoms with Gasteiger partial charge in [-0.05, 0) is 53.9 Å². The number of H-pyrrole nitrogens is 1. The zero-order chi connectivity index (χ0) is 24.8. The predicted octanol–water partition coefficient (Wildman–Crippen LogP) is 5.72. The van der Waals surface area contributed by atoms with Crippen molar-refractivity contribution in [2.24, 2.45) is 0 Å². The largest absolute Gasteiger partial charge is 0.490 e. The van der Waals surface area contributed by atoms with E-state index in [9.17, 15) is 14.3 Å². The first kappa shape index (κ1) is 24.6. The molecule has 0 amide bonds. The maximum absolute atomic E-state index is 13.2. The summed E-state index contributed by atoms with van der Waals surface area (Å²) in [6.07, 6.45) is 2.17. The van der Waals surface area contributed by atoms with Crippen molar-refractivity contribution >= 4 is 28.5 Å². The molecule has 1 aromatic heterocycles. The van der Waals surface area contributed by atoms with Crippen LogP contribution in [0.5, 0.6) is 11.5 Å². The van der Waals surface area contributed by atoms with Gasteiger partial charge in [0.2, 0.25) is 0 Å². The first-order chi connectivity index (χ1) is 16.9. The Hall–Kier alpha value is -3.55. The van der Waals surface area contributed by atoms with Gasteiger partial charge in [-0.15, -0.1) is 0 Å². The highest BCUT2D eigenvalue weighted by atomic mass is 35.5. The number of aromatic amines is 1. The lowest BCUT2D eigenvalue weighted by atomic mass is 10.0. The lowest BCUT2D eigenvalue weighted by Crippen LogP contribution is -2.38. The summed E-state index contributed by atoms with van der Waals surface area (Å²) in [6, 6.07) is 16.5. The number of carboxylic acid groups (broad SMARTS) is 1. The molecule has 3 aromatic carbocycles. The summed E-state index contributed by atoms with van der Waals surface area (Å²) >= 11 is 6.51. The Labute approximate surface area is 207 Å². The van der Waals surface area contributed by atoms with Gasteiger partial charge in [-0.1, -0.05) is 41.9 Å². The molecule has 35 heavy (non-hydrogen) atoms. The Morgan fingerprint density at radius 1 is 1.11 bits per heavy atom. The number of hydrogen-bond donors (Lipinski definition) is 3. The van der Waals surface area contributed by atoms with E-state index >= 15 is 0 Å². The van der Waals surface area contributed by atoms with E-state index in [4.69, 9.17) is 21.1 Å². The lowest BCUT2D eigenvalue weighted by Gasteiger charge is -2.17. The van der Waals surface area contributed by atoms with Gasteiger partial charge in [-0.25, -0.2) is 4.39 Å². The number of carboxylic acids is 1. The van der Waals surface area contributed by atoms with Crippen molar-refractivity contribution < 1.29 is 23.8 Å². The molecular formula is C27H26ClFN2O4. The molecule has 6 nitrogen and oxygen atoms in total. The molecule has 0 spiro atoms. The molecule has 1 atom stereocenters. The molecular weight excluding hydrogens is 471 g/mol. The van der Waals surface area contributed by atoms with Crippen LogP contribution < -0.4 is 14.8 Å². The van der Waals surface area contributed by atoms with Crippen molar-refractivity contribution in [3.8, 4) is 11.5 Å². The average Bonchev–Trinajstić information content (AvgIpc) is 3.25. The molecule has 0 bridgehead atoms. The maximum atomic E-state index is 13.2. The van der Waals surface area contributed by atoms with Crippen molar-refractivity contribution in [1.29, 1.82) is 0 Å². The molecule has 0 fully saturated rings. The number of rotatable bonds is 11. The predicted molar refractivity (Wildman–Crippen MR) is 134 cm³/mol. The van der Waals surface area contributed by atoms with Crippen LogP contribution in [0.3, 0.4) is 0 Å². The van der Waals surface area contributed by atoms with Crippen LogP contribution in [-0.4, -0.2) is 28.7 Å². The van der Waals surface area contributed by atoms with Crippen molar-refractivity contribution in [3.05, 3.63) is 94.4 Å². The van der Waals surface area contributed by atoms with Gasteiger partial charge in [0.15, 0.2) is 11.5 Å². The number of hydrogen-bond acceptors (Lipinski definition) is 4. The third-order valence-electron chi connectivity index (χ3n) is 5.62. The number of nitrogens with one attached hydrogen (secondary N) is 2. The van der Waals surface area contributed by atoms with Gasteiger partial charge in [-0.3, -0.25) is 4.79 Å². The number of fused-ring (bicyclic) bond motifs is 1. The van der Waals surface area contributed by atoms with Gasteiger partial charge in [0.05, 0.1) is 11.6 Å².